The van der Waals surface area contributed by atoms with Crippen molar-refractivity contribution in [2.45, 2.75) is 70.1 Å². The van der Waals surface area contributed by atoms with Gasteiger partial charge in [0.1, 0.15) is 5.82 Å². The first-order valence-electron chi connectivity index (χ1n) is 8.78. The third-order valence-corrected chi connectivity index (χ3v) is 6.83. The minimum atomic E-state index is 0.454. The summed E-state index contributed by atoms with van der Waals surface area (Å²) < 4.78 is 0. The second-order valence-electron chi connectivity index (χ2n) is 8.56. The standard InChI is InChI=1S/C18H26N2/c1-11-2-3-15-16(4-11)20-17(19-15)18-8-12-5-13(9-18)7-14(6-12)10-18/h11-14H,2-10H2,1H3,(H,19,20). The van der Waals surface area contributed by atoms with Crippen LogP contribution in [0.5, 0.6) is 0 Å². The van der Waals surface area contributed by atoms with Crippen LogP contribution in [-0.4, -0.2) is 9.97 Å². The molecular formula is C18H26N2. The molecule has 2 heteroatoms. The van der Waals surface area contributed by atoms with Crippen molar-refractivity contribution in [3.63, 3.8) is 0 Å². The van der Waals surface area contributed by atoms with Gasteiger partial charge < -0.3 is 4.98 Å². The van der Waals surface area contributed by atoms with Crippen molar-refractivity contribution in [1.29, 1.82) is 0 Å². The van der Waals surface area contributed by atoms with Gasteiger partial charge in [0.2, 0.25) is 0 Å². The molecule has 2 nitrogen and oxygen atoms in total. The van der Waals surface area contributed by atoms with Crippen molar-refractivity contribution in [3.8, 4) is 0 Å². The summed E-state index contributed by atoms with van der Waals surface area (Å²) in [4.78, 5) is 8.93. The summed E-state index contributed by atoms with van der Waals surface area (Å²) in [6, 6.07) is 0. The fraction of sp³-hybridized carbons (Fsp3) is 0.833. The lowest BCUT2D eigenvalue weighted by Crippen LogP contribution is -2.49. The fourth-order valence-electron chi connectivity index (χ4n) is 6.31. The molecule has 1 unspecified atom stereocenters. The maximum absolute atomic E-state index is 5.12. The van der Waals surface area contributed by atoms with Gasteiger partial charge in [-0.25, -0.2) is 4.98 Å². The molecule has 108 valence electrons. The van der Waals surface area contributed by atoms with Gasteiger partial charge in [-0.2, -0.15) is 0 Å². The molecule has 5 aliphatic rings. The Morgan fingerprint density at radius 2 is 1.70 bits per heavy atom. The molecule has 0 aliphatic heterocycles. The van der Waals surface area contributed by atoms with Crippen LogP contribution < -0.4 is 0 Å². The number of aryl methyl sites for hydroxylation is 1. The molecule has 1 atom stereocenters. The minimum absolute atomic E-state index is 0.454. The predicted molar refractivity (Wildman–Crippen MR) is 79.6 cm³/mol. The van der Waals surface area contributed by atoms with Gasteiger partial charge in [-0.15, -0.1) is 0 Å². The lowest BCUT2D eigenvalue weighted by molar-refractivity contribution is -0.00908. The molecule has 6 rings (SSSR count). The van der Waals surface area contributed by atoms with Crippen LogP contribution in [0.15, 0.2) is 0 Å². The summed E-state index contributed by atoms with van der Waals surface area (Å²) in [5.41, 5.74) is 3.35. The molecule has 4 bridgehead atoms. The summed E-state index contributed by atoms with van der Waals surface area (Å²) in [7, 11) is 0. The summed E-state index contributed by atoms with van der Waals surface area (Å²) in [6.45, 7) is 2.38. The number of imidazole rings is 1. The first kappa shape index (κ1) is 11.8. The van der Waals surface area contributed by atoms with E-state index in [0.29, 0.717) is 5.41 Å². The molecule has 1 heterocycles. The third kappa shape index (κ3) is 1.60. The van der Waals surface area contributed by atoms with E-state index in [0.717, 1.165) is 23.7 Å². The van der Waals surface area contributed by atoms with Gasteiger partial charge >= 0.3 is 0 Å². The molecule has 1 aromatic rings. The van der Waals surface area contributed by atoms with Gasteiger partial charge in [-0.05, 0) is 81.5 Å². The van der Waals surface area contributed by atoms with Crippen molar-refractivity contribution in [2.75, 3.05) is 0 Å². The summed E-state index contributed by atoms with van der Waals surface area (Å²) in [6.07, 6.45) is 12.6. The number of hydrogen-bond donors (Lipinski definition) is 1. The quantitative estimate of drug-likeness (QED) is 0.821. The maximum Gasteiger partial charge on any atom is 0.112 e. The number of H-pyrrole nitrogens is 1. The number of nitrogens with one attached hydrogen (secondary N) is 1. The van der Waals surface area contributed by atoms with Gasteiger partial charge in [-0.1, -0.05) is 6.92 Å². The molecule has 4 saturated carbocycles. The van der Waals surface area contributed by atoms with E-state index in [1.54, 1.807) is 0 Å². The normalized spacial score (nSPS) is 45.6. The molecule has 1 aromatic heterocycles. The Morgan fingerprint density at radius 1 is 1.05 bits per heavy atom. The Morgan fingerprint density at radius 3 is 2.35 bits per heavy atom. The van der Waals surface area contributed by atoms with E-state index in [9.17, 15) is 0 Å². The first-order valence-corrected chi connectivity index (χ1v) is 8.78. The molecular weight excluding hydrogens is 244 g/mol. The van der Waals surface area contributed by atoms with E-state index in [-0.39, 0.29) is 0 Å². The van der Waals surface area contributed by atoms with E-state index >= 15 is 0 Å². The van der Waals surface area contributed by atoms with Gasteiger partial charge in [-0.3, -0.25) is 0 Å². The minimum Gasteiger partial charge on any atom is -0.345 e. The predicted octanol–water partition coefficient (Wildman–Crippen LogP) is 4.00. The Bertz CT molecular complexity index is 506. The molecule has 4 fully saturated rings. The lowest BCUT2D eigenvalue weighted by Gasteiger charge is -2.56. The Labute approximate surface area is 121 Å². The van der Waals surface area contributed by atoms with Crippen molar-refractivity contribution in [2.24, 2.45) is 23.7 Å². The van der Waals surface area contributed by atoms with Crippen LogP contribution in [0, 0.1) is 23.7 Å². The molecule has 0 spiro atoms. The highest BCUT2D eigenvalue weighted by Gasteiger charge is 2.53. The number of aromatic nitrogens is 2. The molecule has 0 radical (unpaired) electrons. The van der Waals surface area contributed by atoms with Gasteiger partial charge in [0.25, 0.3) is 0 Å². The SMILES string of the molecule is CC1CCc2nc(C34CC5CC(CC(C5)C3)C4)[nH]c2C1. The highest BCUT2D eigenvalue weighted by atomic mass is 15.0. The van der Waals surface area contributed by atoms with E-state index in [1.807, 2.05) is 0 Å². The Balaban J connectivity index is 1.53. The van der Waals surface area contributed by atoms with Crippen LogP contribution in [0.3, 0.4) is 0 Å². The Hall–Kier alpha value is -0.790. The molecule has 5 aliphatic carbocycles. The molecule has 0 aromatic carbocycles. The van der Waals surface area contributed by atoms with Gasteiger partial charge in [0.05, 0.1) is 5.69 Å². The van der Waals surface area contributed by atoms with Crippen molar-refractivity contribution in [1.82, 2.24) is 9.97 Å². The molecule has 20 heavy (non-hydrogen) atoms. The average Bonchev–Trinajstić information content (AvgIpc) is 2.80. The zero-order valence-electron chi connectivity index (χ0n) is 12.6. The van der Waals surface area contributed by atoms with Crippen molar-refractivity contribution in [3.05, 3.63) is 17.2 Å². The zero-order chi connectivity index (χ0) is 13.3. The number of hydrogen-bond acceptors (Lipinski definition) is 1. The van der Waals surface area contributed by atoms with Crippen LogP contribution in [0.4, 0.5) is 0 Å². The number of nitrogens with zero attached hydrogens (tertiary/aromatic N) is 1. The van der Waals surface area contributed by atoms with Crippen LogP contribution in [0.1, 0.15) is 69.1 Å². The van der Waals surface area contributed by atoms with Crippen LogP contribution in [0.2, 0.25) is 0 Å². The smallest absolute Gasteiger partial charge is 0.112 e. The first-order chi connectivity index (χ1) is 9.70. The molecule has 1 N–H and O–H groups in total. The monoisotopic (exact) mass is 270 g/mol. The van der Waals surface area contributed by atoms with E-state index in [2.05, 4.69) is 11.9 Å². The second kappa shape index (κ2) is 3.90. The second-order valence-corrected chi connectivity index (χ2v) is 8.56. The van der Waals surface area contributed by atoms with Crippen LogP contribution in [-0.2, 0) is 18.3 Å². The van der Waals surface area contributed by atoms with Crippen molar-refractivity contribution < 1.29 is 0 Å². The number of aromatic amines is 1. The zero-order valence-corrected chi connectivity index (χ0v) is 12.6. The largest absolute Gasteiger partial charge is 0.345 e. The molecule has 0 amide bonds. The van der Waals surface area contributed by atoms with Crippen LogP contribution >= 0.6 is 0 Å². The highest BCUT2D eigenvalue weighted by molar-refractivity contribution is 5.25. The van der Waals surface area contributed by atoms with E-state index < -0.39 is 0 Å². The summed E-state index contributed by atoms with van der Waals surface area (Å²) >= 11 is 0. The van der Waals surface area contributed by atoms with Gasteiger partial charge in [0.15, 0.2) is 0 Å². The van der Waals surface area contributed by atoms with Crippen LogP contribution in [0.25, 0.3) is 0 Å². The van der Waals surface area contributed by atoms with Crippen molar-refractivity contribution >= 4 is 0 Å². The van der Waals surface area contributed by atoms with E-state index in [1.165, 1.54) is 75.0 Å². The molecule has 0 saturated heterocycles. The van der Waals surface area contributed by atoms with Gasteiger partial charge in [0, 0.05) is 11.1 Å². The lowest BCUT2D eigenvalue weighted by atomic mass is 9.49. The summed E-state index contributed by atoms with van der Waals surface area (Å²) in [5, 5.41) is 0. The number of rotatable bonds is 1. The fourth-order valence-corrected chi connectivity index (χ4v) is 6.31. The maximum atomic E-state index is 5.12. The number of fused-ring (bicyclic) bond motifs is 1. The third-order valence-electron chi connectivity index (χ3n) is 6.83. The Kier molecular flexibility index (Phi) is 2.30. The average molecular weight is 270 g/mol. The highest BCUT2D eigenvalue weighted by Crippen LogP contribution is 2.60. The van der Waals surface area contributed by atoms with E-state index in [4.69, 9.17) is 4.98 Å². The topological polar surface area (TPSA) is 28.7 Å². The summed E-state index contributed by atoms with van der Waals surface area (Å²) in [5.74, 6) is 5.29.